The van der Waals surface area contributed by atoms with E-state index < -0.39 is 11.7 Å². The van der Waals surface area contributed by atoms with Crippen LogP contribution in [0.1, 0.15) is 42.6 Å². The van der Waals surface area contributed by atoms with Gasteiger partial charge < -0.3 is 9.26 Å². The maximum atomic E-state index is 12.5. The molecule has 0 amide bonds. The first-order chi connectivity index (χ1) is 11.2. The molecule has 2 bridgehead atoms. The summed E-state index contributed by atoms with van der Waals surface area (Å²) in [5.74, 6) is 0.182. The van der Waals surface area contributed by atoms with E-state index in [1.54, 1.807) is 6.07 Å². The van der Waals surface area contributed by atoms with E-state index in [-0.39, 0.29) is 18.1 Å². The molecule has 2 saturated heterocycles. The van der Waals surface area contributed by atoms with Gasteiger partial charge in [0.15, 0.2) is 17.2 Å². The van der Waals surface area contributed by atoms with E-state index in [0.717, 1.165) is 31.2 Å². The van der Waals surface area contributed by atoms with Gasteiger partial charge in [-0.1, -0.05) is 35.5 Å². The third-order valence-corrected chi connectivity index (χ3v) is 5.22. The van der Waals surface area contributed by atoms with Crippen LogP contribution in [0.3, 0.4) is 0 Å². The van der Waals surface area contributed by atoms with E-state index in [0.29, 0.717) is 11.8 Å². The van der Waals surface area contributed by atoms with E-state index in [1.165, 1.54) is 6.42 Å². The number of halogens is 1. The van der Waals surface area contributed by atoms with Gasteiger partial charge in [0.2, 0.25) is 0 Å². The number of ether oxygens (including phenoxy) is 1. The summed E-state index contributed by atoms with van der Waals surface area (Å²) < 4.78 is 11.2. The van der Waals surface area contributed by atoms with Crippen LogP contribution in [0.15, 0.2) is 40.9 Å². The molecular formula is C18H21ClN2O3. The molecule has 0 aliphatic carbocycles. The molecule has 4 rings (SSSR count). The first kappa shape index (κ1) is 17.0. The molecule has 6 heteroatoms. The second-order valence-electron chi connectivity index (χ2n) is 6.47. The summed E-state index contributed by atoms with van der Waals surface area (Å²) in [5, 5.41) is 3.89. The molecule has 0 N–H and O–H groups in total. The van der Waals surface area contributed by atoms with E-state index in [4.69, 9.17) is 9.26 Å². The zero-order chi connectivity index (χ0) is 15.9. The fourth-order valence-electron chi connectivity index (χ4n) is 3.86. The predicted octanol–water partition coefficient (Wildman–Crippen LogP) is 3.89. The second kappa shape index (κ2) is 6.57. The molecular weight excluding hydrogens is 328 g/mol. The summed E-state index contributed by atoms with van der Waals surface area (Å²) in [7, 11) is 2.06. The number of hydrogen-bond donors (Lipinski definition) is 0. The van der Waals surface area contributed by atoms with Crippen molar-refractivity contribution in [3.63, 3.8) is 0 Å². The van der Waals surface area contributed by atoms with Gasteiger partial charge in [0.1, 0.15) is 0 Å². The van der Waals surface area contributed by atoms with Crippen molar-refractivity contribution in [1.29, 1.82) is 0 Å². The molecule has 2 fully saturated rings. The van der Waals surface area contributed by atoms with Crippen molar-refractivity contribution in [3.05, 3.63) is 42.1 Å². The molecule has 2 aromatic rings. The summed E-state index contributed by atoms with van der Waals surface area (Å²) >= 11 is 0. The molecule has 24 heavy (non-hydrogen) atoms. The van der Waals surface area contributed by atoms with Crippen LogP contribution in [-0.2, 0) is 4.74 Å². The largest absolute Gasteiger partial charge is 0.439 e. The monoisotopic (exact) mass is 348 g/mol. The second-order valence-corrected chi connectivity index (χ2v) is 6.47. The zero-order valence-corrected chi connectivity index (χ0v) is 14.4. The Labute approximate surface area is 147 Å². The number of aromatic nitrogens is 1. The lowest BCUT2D eigenvalue weighted by Crippen LogP contribution is -2.50. The third-order valence-electron chi connectivity index (χ3n) is 5.22. The van der Waals surface area contributed by atoms with E-state index in [2.05, 4.69) is 17.1 Å². The van der Waals surface area contributed by atoms with Crippen molar-refractivity contribution in [2.45, 2.75) is 43.9 Å². The van der Waals surface area contributed by atoms with Crippen LogP contribution < -0.4 is 0 Å². The van der Waals surface area contributed by atoms with Gasteiger partial charge in [-0.05, 0) is 26.3 Å². The number of rotatable bonds is 3. The quantitative estimate of drug-likeness (QED) is 0.787. The van der Waals surface area contributed by atoms with E-state index in [1.807, 2.05) is 30.3 Å². The van der Waals surface area contributed by atoms with Crippen molar-refractivity contribution >= 4 is 18.4 Å². The Morgan fingerprint density at radius 2 is 2.08 bits per heavy atom. The predicted molar refractivity (Wildman–Crippen MR) is 92.0 cm³/mol. The first-order valence-corrected chi connectivity index (χ1v) is 8.16. The van der Waals surface area contributed by atoms with Crippen molar-refractivity contribution in [1.82, 2.24) is 10.1 Å². The summed E-state index contributed by atoms with van der Waals surface area (Å²) in [5.41, 5.74) is 0.680. The number of fused-ring (bicyclic) bond motifs is 2. The number of nitrogens with zero attached hydrogens (tertiary/aromatic N) is 2. The average molecular weight is 349 g/mol. The minimum absolute atomic E-state index is 0. The smallest absolute Gasteiger partial charge is 0.362 e. The Hall–Kier alpha value is -1.85. The van der Waals surface area contributed by atoms with Gasteiger partial charge in [-0.25, -0.2) is 4.79 Å². The highest BCUT2D eigenvalue weighted by molar-refractivity contribution is 5.88. The van der Waals surface area contributed by atoms with Crippen LogP contribution in [0.25, 0.3) is 11.3 Å². The highest BCUT2D eigenvalue weighted by Crippen LogP contribution is 2.44. The standard InChI is InChI=1S/C18H20N2O3.ClH/c1-20-14-8-5-10-18(20,11-9-14)22-17(21)15-12-16(23-19-15)13-6-3-2-4-7-13;/h2-4,6-7,12,14H,5,8-11H2,1H3;1H. The number of carbonyl (C=O) groups excluding carboxylic acids is 1. The molecule has 5 nitrogen and oxygen atoms in total. The van der Waals surface area contributed by atoms with Crippen molar-refractivity contribution in [2.24, 2.45) is 0 Å². The lowest BCUT2D eigenvalue weighted by atomic mass is 10.0. The van der Waals surface area contributed by atoms with E-state index >= 15 is 0 Å². The average Bonchev–Trinajstić information content (AvgIpc) is 3.11. The molecule has 128 valence electrons. The fourth-order valence-corrected chi connectivity index (χ4v) is 3.86. The number of piperidine rings is 1. The Bertz CT molecular complexity index is 714. The zero-order valence-electron chi connectivity index (χ0n) is 13.6. The Morgan fingerprint density at radius 3 is 2.88 bits per heavy atom. The molecule has 0 radical (unpaired) electrons. The lowest BCUT2D eigenvalue weighted by Gasteiger charge is -2.41. The maximum absolute atomic E-state index is 12.5. The van der Waals surface area contributed by atoms with Crippen molar-refractivity contribution in [2.75, 3.05) is 7.05 Å². The minimum Gasteiger partial charge on any atom is -0.439 e. The minimum atomic E-state index is -0.453. The molecule has 2 aliphatic heterocycles. The molecule has 0 saturated carbocycles. The van der Waals surface area contributed by atoms with Gasteiger partial charge in [0, 0.05) is 30.5 Å². The SMILES string of the molecule is CN1C2CCCC1(OC(=O)c1cc(-c3ccccc3)on1)CC2.Cl. The highest BCUT2D eigenvalue weighted by atomic mass is 35.5. The van der Waals surface area contributed by atoms with Crippen LogP contribution in [0.5, 0.6) is 0 Å². The summed E-state index contributed by atoms with van der Waals surface area (Å²) in [6.45, 7) is 0. The molecule has 2 aliphatic rings. The number of hydrogen-bond acceptors (Lipinski definition) is 5. The van der Waals surface area contributed by atoms with Crippen LogP contribution in [-0.4, -0.2) is 34.8 Å². The lowest BCUT2D eigenvalue weighted by molar-refractivity contribution is -0.116. The highest BCUT2D eigenvalue weighted by Gasteiger charge is 2.49. The number of esters is 1. The van der Waals surface area contributed by atoms with Crippen molar-refractivity contribution < 1.29 is 14.1 Å². The van der Waals surface area contributed by atoms with Crippen molar-refractivity contribution in [3.8, 4) is 11.3 Å². The number of benzene rings is 1. The fraction of sp³-hybridized carbons (Fsp3) is 0.444. The Morgan fingerprint density at radius 1 is 1.29 bits per heavy atom. The summed E-state index contributed by atoms with van der Waals surface area (Å²) in [4.78, 5) is 14.7. The van der Waals surface area contributed by atoms with Gasteiger partial charge in [-0.3, -0.25) is 4.90 Å². The molecule has 2 unspecified atom stereocenters. The molecule has 0 spiro atoms. The van der Waals surface area contributed by atoms with Gasteiger partial charge in [-0.2, -0.15) is 0 Å². The van der Waals surface area contributed by atoms with Crippen LogP contribution in [0, 0.1) is 0 Å². The Balaban J connectivity index is 0.00000169. The van der Waals surface area contributed by atoms with Crippen LogP contribution >= 0.6 is 12.4 Å². The van der Waals surface area contributed by atoms with Gasteiger partial charge >= 0.3 is 5.97 Å². The van der Waals surface area contributed by atoms with Crippen LogP contribution in [0.4, 0.5) is 0 Å². The number of carbonyl (C=O) groups is 1. The van der Waals surface area contributed by atoms with Gasteiger partial charge in [-0.15, -0.1) is 12.4 Å². The van der Waals surface area contributed by atoms with Crippen LogP contribution in [0.2, 0.25) is 0 Å². The molecule has 1 aromatic heterocycles. The Kier molecular flexibility index (Phi) is 4.65. The topological polar surface area (TPSA) is 55.6 Å². The van der Waals surface area contributed by atoms with E-state index in [9.17, 15) is 4.79 Å². The molecule has 3 heterocycles. The normalized spacial score (nSPS) is 26.0. The molecule has 1 aromatic carbocycles. The maximum Gasteiger partial charge on any atom is 0.362 e. The van der Waals surface area contributed by atoms with Gasteiger partial charge in [0.25, 0.3) is 0 Å². The third kappa shape index (κ3) is 2.82. The summed E-state index contributed by atoms with van der Waals surface area (Å²) in [6.07, 6.45) is 5.20. The summed E-state index contributed by atoms with van der Waals surface area (Å²) in [6, 6.07) is 11.8. The van der Waals surface area contributed by atoms with Gasteiger partial charge in [0.05, 0.1) is 0 Å². The first-order valence-electron chi connectivity index (χ1n) is 8.16. The molecule has 2 atom stereocenters.